The van der Waals surface area contributed by atoms with Crippen molar-refractivity contribution < 1.29 is 9.53 Å². The summed E-state index contributed by atoms with van der Waals surface area (Å²) in [5, 5.41) is 12.0. The fourth-order valence-corrected chi connectivity index (χ4v) is 4.16. The van der Waals surface area contributed by atoms with Gasteiger partial charge in [-0.2, -0.15) is 5.26 Å². The lowest BCUT2D eigenvalue weighted by Gasteiger charge is -2.32. The van der Waals surface area contributed by atoms with Crippen molar-refractivity contribution in [3.05, 3.63) is 59.7 Å². The quantitative estimate of drug-likeness (QED) is 0.419. The summed E-state index contributed by atoms with van der Waals surface area (Å²) in [5.41, 5.74) is 8.21. The summed E-state index contributed by atoms with van der Waals surface area (Å²) in [6, 6.07) is 15.0. The molecule has 31 heavy (non-hydrogen) atoms. The number of nitrogens with one attached hydrogen (secondary N) is 1. The Morgan fingerprint density at radius 3 is 2.52 bits per heavy atom. The number of rotatable bonds is 6. The number of nitrogens with zero attached hydrogens (tertiary/aromatic N) is 3. The van der Waals surface area contributed by atoms with Crippen LogP contribution < -0.4 is 20.7 Å². The van der Waals surface area contributed by atoms with Crippen molar-refractivity contribution in [1.82, 2.24) is 5.32 Å². The maximum absolute atomic E-state index is 13.1. The zero-order valence-corrected chi connectivity index (χ0v) is 18.0. The van der Waals surface area contributed by atoms with Crippen LogP contribution in [0.3, 0.4) is 0 Å². The van der Waals surface area contributed by atoms with Crippen molar-refractivity contribution in [3.63, 3.8) is 0 Å². The number of ether oxygens (including phenoxy) is 1. The molecule has 0 heterocycles. The molecule has 1 unspecified atom stereocenters. The van der Waals surface area contributed by atoms with E-state index in [9.17, 15) is 4.79 Å². The molecule has 0 spiro atoms. The minimum Gasteiger partial charge on any atom is -0.496 e. The van der Waals surface area contributed by atoms with Crippen molar-refractivity contribution in [3.8, 4) is 11.9 Å². The van der Waals surface area contributed by atoms with Crippen molar-refractivity contribution in [1.29, 1.82) is 5.26 Å². The predicted octanol–water partition coefficient (Wildman–Crippen LogP) is 3.98. The summed E-state index contributed by atoms with van der Waals surface area (Å²) in [6.07, 6.45) is 7.46. The highest BCUT2D eigenvalue weighted by atomic mass is 16.5. The number of anilines is 1. The van der Waals surface area contributed by atoms with Gasteiger partial charge in [-0.05, 0) is 48.6 Å². The number of nitriles is 1. The van der Waals surface area contributed by atoms with Crippen molar-refractivity contribution in [2.24, 2.45) is 16.6 Å². The molecular weight excluding hydrogens is 390 g/mol. The number of hydrogen-bond donors (Lipinski definition) is 2. The van der Waals surface area contributed by atoms with E-state index in [-0.39, 0.29) is 17.9 Å². The Morgan fingerprint density at radius 1 is 1.19 bits per heavy atom. The molecule has 1 amide bonds. The molecule has 1 atom stereocenters. The number of para-hydroxylation sites is 1. The van der Waals surface area contributed by atoms with E-state index < -0.39 is 0 Å². The van der Waals surface area contributed by atoms with Gasteiger partial charge < -0.3 is 20.7 Å². The normalized spacial score (nSPS) is 15.6. The summed E-state index contributed by atoms with van der Waals surface area (Å²) < 4.78 is 5.37. The summed E-state index contributed by atoms with van der Waals surface area (Å²) in [4.78, 5) is 18.4. The molecule has 1 fully saturated rings. The molecule has 3 rings (SSSR count). The molecule has 0 radical (unpaired) electrons. The van der Waals surface area contributed by atoms with Crippen LogP contribution in [0, 0.1) is 17.4 Å². The van der Waals surface area contributed by atoms with Gasteiger partial charge in [0.1, 0.15) is 5.75 Å². The van der Waals surface area contributed by atoms with Crippen molar-refractivity contribution in [2.75, 3.05) is 19.1 Å². The molecule has 162 valence electrons. The van der Waals surface area contributed by atoms with Gasteiger partial charge in [0.05, 0.1) is 18.7 Å². The highest BCUT2D eigenvalue weighted by Gasteiger charge is 2.27. The van der Waals surface area contributed by atoms with Gasteiger partial charge in [0, 0.05) is 12.7 Å². The van der Waals surface area contributed by atoms with Gasteiger partial charge in [0.2, 0.25) is 12.2 Å². The molecule has 0 bridgehead atoms. The monoisotopic (exact) mass is 419 g/mol. The molecule has 1 aliphatic rings. The number of amides is 1. The largest absolute Gasteiger partial charge is 0.496 e. The maximum Gasteiger partial charge on any atom is 0.255 e. The van der Waals surface area contributed by atoms with E-state index in [2.05, 4.69) is 10.3 Å². The van der Waals surface area contributed by atoms with Crippen LogP contribution in [0.25, 0.3) is 0 Å². The van der Waals surface area contributed by atoms with Gasteiger partial charge in [-0.1, -0.05) is 43.5 Å². The van der Waals surface area contributed by atoms with Gasteiger partial charge in [0.25, 0.3) is 5.91 Å². The first kappa shape index (κ1) is 22.2. The average Bonchev–Trinajstić information content (AvgIpc) is 2.82. The highest BCUT2D eigenvalue weighted by molar-refractivity contribution is 5.97. The molecule has 0 aliphatic heterocycles. The van der Waals surface area contributed by atoms with E-state index in [1.807, 2.05) is 36.4 Å². The van der Waals surface area contributed by atoms with Crippen LogP contribution in [-0.2, 0) is 0 Å². The lowest BCUT2D eigenvalue weighted by Crippen LogP contribution is -2.35. The third kappa shape index (κ3) is 5.34. The molecule has 3 N–H and O–H groups in total. The van der Waals surface area contributed by atoms with Gasteiger partial charge >= 0.3 is 0 Å². The summed E-state index contributed by atoms with van der Waals surface area (Å²) >= 11 is 0. The van der Waals surface area contributed by atoms with Gasteiger partial charge in [-0.3, -0.25) is 4.79 Å². The first-order valence-corrected chi connectivity index (χ1v) is 10.5. The highest BCUT2D eigenvalue weighted by Crippen LogP contribution is 2.35. The van der Waals surface area contributed by atoms with Crippen molar-refractivity contribution >= 4 is 17.6 Å². The SMILES string of the molecule is COc1ccccc1C(=O)NC(c1ccc(N(C)C(N)=NC#N)cc1)C1CCCCC1. The van der Waals surface area contributed by atoms with Gasteiger partial charge in [-0.15, -0.1) is 4.99 Å². The molecule has 7 heteroatoms. The maximum atomic E-state index is 13.1. The van der Waals surface area contributed by atoms with Crippen LogP contribution in [0.1, 0.15) is 54.1 Å². The minimum absolute atomic E-state index is 0.0952. The first-order chi connectivity index (χ1) is 15.0. The fourth-order valence-electron chi connectivity index (χ4n) is 4.16. The van der Waals surface area contributed by atoms with E-state index >= 15 is 0 Å². The molecule has 0 saturated heterocycles. The molecule has 1 aliphatic carbocycles. The lowest BCUT2D eigenvalue weighted by atomic mass is 9.81. The molecule has 2 aromatic carbocycles. The van der Waals surface area contributed by atoms with Crippen molar-refractivity contribution in [2.45, 2.75) is 38.1 Å². The minimum atomic E-state index is -0.139. The number of guanidine groups is 1. The molecule has 0 aromatic heterocycles. The number of carbonyl (C=O) groups excluding carboxylic acids is 1. The Morgan fingerprint density at radius 2 is 1.87 bits per heavy atom. The number of hydrogen-bond acceptors (Lipinski definition) is 4. The fraction of sp³-hybridized carbons (Fsp3) is 0.375. The standard InChI is InChI=1S/C24H29N5O2/c1-29(24(26)27-16-25)19-14-12-18(13-15-19)22(17-8-4-3-5-9-17)28-23(30)20-10-6-7-11-21(20)31-2/h6-7,10-15,17,22H,3-5,8-9H2,1-2H3,(H2,26,27)(H,28,30). The van der Waals surface area contributed by atoms with Crippen LogP contribution in [0.15, 0.2) is 53.5 Å². The van der Waals surface area contributed by atoms with E-state index in [1.165, 1.54) is 19.3 Å². The number of carbonyl (C=O) groups is 1. The lowest BCUT2D eigenvalue weighted by molar-refractivity contribution is 0.0909. The van der Waals surface area contributed by atoms with E-state index in [0.717, 1.165) is 24.1 Å². The summed E-state index contributed by atoms with van der Waals surface area (Å²) in [6.45, 7) is 0. The Hall–Kier alpha value is -3.53. The smallest absolute Gasteiger partial charge is 0.255 e. The number of nitrogens with two attached hydrogens (primary N) is 1. The molecule has 1 saturated carbocycles. The van der Waals surface area contributed by atoms with Crippen LogP contribution >= 0.6 is 0 Å². The Bertz CT molecular complexity index is 959. The zero-order valence-electron chi connectivity index (χ0n) is 18.0. The number of methoxy groups -OCH3 is 1. The second-order valence-electron chi connectivity index (χ2n) is 7.77. The Balaban J connectivity index is 1.86. The first-order valence-electron chi connectivity index (χ1n) is 10.5. The molecule has 7 nitrogen and oxygen atoms in total. The van der Waals surface area contributed by atoms with Crippen LogP contribution in [-0.4, -0.2) is 26.0 Å². The second kappa shape index (κ2) is 10.5. The third-order valence-corrected chi connectivity index (χ3v) is 5.91. The summed E-state index contributed by atoms with van der Waals surface area (Å²) in [5.74, 6) is 0.927. The van der Waals surface area contributed by atoms with E-state index in [0.29, 0.717) is 17.2 Å². The summed E-state index contributed by atoms with van der Waals surface area (Å²) in [7, 11) is 3.33. The molecule has 2 aromatic rings. The third-order valence-electron chi connectivity index (χ3n) is 5.91. The number of benzene rings is 2. The topological polar surface area (TPSA) is 104 Å². The van der Waals surface area contributed by atoms with E-state index in [1.54, 1.807) is 37.4 Å². The van der Waals surface area contributed by atoms with Gasteiger partial charge in [-0.25, -0.2) is 0 Å². The second-order valence-corrected chi connectivity index (χ2v) is 7.77. The van der Waals surface area contributed by atoms with Gasteiger partial charge in [0.15, 0.2) is 0 Å². The van der Waals surface area contributed by atoms with Crippen LogP contribution in [0.5, 0.6) is 5.75 Å². The average molecular weight is 420 g/mol. The van der Waals surface area contributed by atoms with E-state index in [4.69, 9.17) is 15.7 Å². The Labute approximate surface area is 183 Å². The Kier molecular flexibility index (Phi) is 7.50. The van der Waals surface area contributed by atoms with Crippen LogP contribution in [0.2, 0.25) is 0 Å². The zero-order chi connectivity index (χ0) is 22.2. The number of aliphatic imine (C=N–C) groups is 1. The molecular formula is C24H29N5O2. The predicted molar refractivity (Wildman–Crippen MR) is 122 cm³/mol. The van der Waals surface area contributed by atoms with Crippen LogP contribution in [0.4, 0.5) is 5.69 Å².